The van der Waals surface area contributed by atoms with Crippen molar-refractivity contribution < 1.29 is 13.2 Å². The minimum absolute atomic E-state index is 0.214. The number of hydrogen-bond acceptors (Lipinski definition) is 4. The predicted molar refractivity (Wildman–Crippen MR) is 136 cm³/mol. The minimum Gasteiger partial charge on any atom is -0.322 e. The molecule has 1 N–H and O–H groups in total. The molecule has 7 heteroatoms. The van der Waals surface area contributed by atoms with E-state index in [9.17, 15) is 13.2 Å². The Morgan fingerprint density at radius 3 is 2.32 bits per heavy atom. The maximum absolute atomic E-state index is 12.7. The largest absolute Gasteiger partial charge is 0.322 e. The van der Waals surface area contributed by atoms with Gasteiger partial charge in [-0.3, -0.25) is 9.69 Å². The monoisotopic (exact) mass is 479 g/mol. The Morgan fingerprint density at radius 1 is 1.00 bits per heavy atom. The summed E-state index contributed by atoms with van der Waals surface area (Å²) in [7, 11) is -3.45. The molecule has 0 unspecified atom stereocenters. The molecule has 0 bridgehead atoms. The zero-order chi connectivity index (χ0) is 24.1. The summed E-state index contributed by atoms with van der Waals surface area (Å²) >= 11 is 0. The second-order valence-electron chi connectivity index (χ2n) is 9.05. The van der Waals surface area contributed by atoms with E-state index in [1.807, 2.05) is 31.2 Å². The molecule has 1 amide bonds. The normalized spacial score (nSPS) is 18.1. The number of nitrogens with zero attached hydrogens (tertiary/aromatic N) is 2. The van der Waals surface area contributed by atoms with Crippen molar-refractivity contribution in [2.45, 2.75) is 44.6 Å². The quantitative estimate of drug-likeness (QED) is 0.618. The molecule has 2 aliphatic rings. The van der Waals surface area contributed by atoms with Gasteiger partial charge in [-0.05, 0) is 80.6 Å². The fraction of sp³-hybridized carbons (Fsp3) is 0.370. The zero-order valence-electron chi connectivity index (χ0n) is 20.0. The first-order chi connectivity index (χ1) is 16.4. The third-order valence-corrected chi connectivity index (χ3v) is 8.46. The third kappa shape index (κ3) is 5.66. The van der Waals surface area contributed by atoms with Crippen molar-refractivity contribution in [3.63, 3.8) is 0 Å². The lowest BCUT2D eigenvalue weighted by atomic mass is 10.0. The fourth-order valence-corrected chi connectivity index (χ4v) is 6.00. The van der Waals surface area contributed by atoms with Crippen molar-refractivity contribution in [2.75, 3.05) is 31.5 Å². The summed E-state index contributed by atoms with van der Waals surface area (Å²) in [6, 6.07) is 14.1. The van der Waals surface area contributed by atoms with Gasteiger partial charge in [0.05, 0.1) is 4.90 Å². The van der Waals surface area contributed by atoms with Gasteiger partial charge >= 0.3 is 0 Å². The van der Waals surface area contributed by atoms with Crippen LogP contribution in [0, 0.1) is 0 Å². The number of anilines is 1. The molecular weight excluding hydrogens is 446 g/mol. The van der Waals surface area contributed by atoms with Gasteiger partial charge in [0.25, 0.3) is 5.91 Å². The summed E-state index contributed by atoms with van der Waals surface area (Å²) in [6.45, 7) is 8.24. The van der Waals surface area contributed by atoms with Crippen LogP contribution in [-0.4, -0.2) is 49.7 Å². The molecule has 4 rings (SSSR count). The van der Waals surface area contributed by atoms with Gasteiger partial charge in [0.15, 0.2) is 0 Å². The van der Waals surface area contributed by atoms with Crippen LogP contribution in [0.25, 0.3) is 0 Å². The molecule has 1 saturated heterocycles. The number of carbonyl (C=O) groups is 1. The summed E-state index contributed by atoms with van der Waals surface area (Å²) < 4.78 is 26.8. The van der Waals surface area contributed by atoms with Crippen molar-refractivity contribution in [3.05, 3.63) is 83.0 Å². The number of amides is 1. The molecule has 1 fully saturated rings. The van der Waals surface area contributed by atoms with Crippen LogP contribution in [0.5, 0.6) is 0 Å². The highest BCUT2D eigenvalue weighted by Gasteiger charge is 2.27. The van der Waals surface area contributed by atoms with Gasteiger partial charge in [0.1, 0.15) is 0 Å². The second-order valence-corrected chi connectivity index (χ2v) is 11.0. The lowest BCUT2D eigenvalue weighted by molar-refractivity contribution is 0.102. The topological polar surface area (TPSA) is 69.7 Å². The van der Waals surface area contributed by atoms with Crippen molar-refractivity contribution in [2.24, 2.45) is 0 Å². The number of allylic oxidation sites excluding steroid dienone is 1. The van der Waals surface area contributed by atoms with Crippen LogP contribution in [0.3, 0.4) is 0 Å². The number of rotatable bonds is 7. The highest BCUT2D eigenvalue weighted by atomic mass is 32.2. The van der Waals surface area contributed by atoms with E-state index in [0.29, 0.717) is 24.3 Å². The Hall–Kier alpha value is -2.74. The molecule has 2 aromatic rings. The lowest BCUT2D eigenvalue weighted by Crippen LogP contribution is -2.30. The highest BCUT2D eigenvalue weighted by molar-refractivity contribution is 7.89. The number of sulfonamides is 1. The molecular formula is C27H33N3O3S. The van der Waals surface area contributed by atoms with Crippen LogP contribution in [-0.2, 0) is 16.6 Å². The van der Waals surface area contributed by atoms with E-state index in [0.717, 1.165) is 38.9 Å². The van der Waals surface area contributed by atoms with Gasteiger partial charge in [-0.2, -0.15) is 4.31 Å². The van der Waals surface area contributed by atoms with E-state index in [-0.39, 0.29) is 10.8 Å². The first kappa shape index (κ1) is 24.4. The maximum atomic E-state index is 12.7. The molecule has 180 valence electrons. The van der Waals surface area contributed by atoms with Crippen LogP contribution in [0.2, 0.25) is 0 Å². The van der Waals surface area contributed by atoms with Gasteiger partial charge in [0, 0.05) is 44.0 Å². The van der Waals surface area contributed by atoms with Crippen LogP contribution < -0.4 is 5.32 Å². The van der Waals surface area contributed by atoms with Crippen molar-refractivity contribution in [1.82, 2.24) is 9.21 Å². The van der Waals surface area contributed by atoms with Crippen molar-refractivity contribution in [1.29, 1.82) is 0 Å². The zero-order valence-corrected chi connectivity index (χ0v) is 20.8. The first-order valence-corrected chi connectivity index (χ1v) is 13.3. The van der Waals surface area contributed by atoms with Gasteiger partial charge in [-0.25, -0.2) is 8.42 Å². The lowest BCUT2D eigenvalue weighted by Gasteiger charge is -2.29. The molecule has 0 atom stereocenters. The van der Waals surface area contributed by atoms with Gasteiger partial charge in [-0.15, -0.1) is 0 Å². The fourth-order valence-electron chi connectivity index (χ4n) is 4.48. The average Bonchev–Trinajstić information content (AvgIpc) is 3.38. The molecule has 2 aliphatic heterocycles. The average molecular weight is 480 g/mol. The first-order valence-electron chi connectivity index (χ1n) is 11.9. The van der Waals surface area contributed by atoms with Gasteiger partial charge in [-0.1, -0.05) is 29.9 Å². The van der Waals surface area contributed by atoms with E-state index < -0.39 is 10.0 Å². The molecule has 2 aromatic carbocycles. The Kier molecular flexibility index (Phi) is 7.66. The number of hydrogen-bond donors (Lipinski definition) is 1. The Morgan fingerprint density at radius 2 is 1.68 bits per heavy atom. The van der Waals surface area contributed by atoms with Crippen molar-refractivity contribution >= 4 is 21.6 Å². The Bertz CT molecular complexity index is 1180. The summed E-state index contributed by atoms with van der Waals surface area (Å²) in [6.07, 6.45) is 7.17. The third-order valence-electron chi connectivity index (χ3n) is 6.55. The van der Waals surface area contributed by atoms with Crippen molar-refractivity contribution in [3.8, 4) is 0 Å². The molecule has 0 radical (unpaired) electrons. The van der Waals surface area contributed by atoms with Crippen LogP contribution in [0.4, 0.5) is 5.69 Å². The number of benzene rings is 2. The minimum atomic E-state index is -3.45. The Labute approximate surface area is 203 Å². The van der Waals surface area contributed by atoms with E-state index in [4.69, 9.17) is 0 Å². The van der Waals surface area contributed by atoms with Gasteiger partial charge < -0.3 is 5.32 Å². The van der Waals surface area contributed by atoms with E-state index in [1.165, 1.54) is 21.0 Å². The Balaban J connectivity index is 1.35. The maximum Gasteiger partial charge on any atom is 0.255 e. The molecule has 6 nitrogen and oxygen atoms in total. The van der Waals surface area contributed by atoms with Gasteiger partial charge in [0.2, 0.25) is 10.0 Å². The molecule has 0 aromatic heterocycles. The molecule has 0 aliphatic carbocycles. The summed E-state index contributed by atoms with van der Waals surface area (Å²) in [4.78, 5) is 15.4. The van der Waals surface area contributed by atoms with Crippen LogP contribution in [0.1, 0.15) is 49.0 Å². The predicted octanol–water partition coefficient (Wildman–Crippen LogP) is 4.82. The molecule has 34 heavy (non-hydrogen) atoms. The highest BCUT2D eigenvalue weighted by Crippen LogP contribution is 2.23. The summed E-state index contributed by atoms with van der Waals surface area (Å²) in [5, 5.41) is 2.86. The van der Waals surface area contributed by atoms with E-state index in [2.05, 4.69) is 29.3 Å². The number of nitrogens with one attached hydrogen (secondary N) is 1. The molecule has 0 saturated carbocycles. The van der Waals surface area contributed by atoms with Crippen LogP contribution >= 0.6 is 0 Å². The van der Waals surface area contributed by atoms with E-state index in [1.54, 1.807) is 24.3 Å². The summed E-state index contributed by atoms with van der Waals surface area (Å²) in [5.41, 5.74) is 5.17. The standard InChI is InChI=1S/C27H33N3O3S/c1-3-6-24-20-29(18-15-21(24)2)19-22-7-9-23(10-8-22)27(31)28-25-11-13-26(14-12-25)34(32,33)30-16-4-5-17-30/h3,6-14H,4-5,15-20H2,1-2H3,(H,28,31). The second kappa shape index (κ2) is 10.7. The molecule has 2 heterocycles. The van der Waals surface area contributed by atoms with Crippen LogP contribution in [0.15, 0.2) is 76.7 Å². The van der Waals surface area contributed by atoms with E-state index >= 15 is 0 Å². The number of carbonyl (C=O) groups excluding carboxylic acids is 1. The summed E-state index contributed by atoms with van der Waals surface area (Å²) in [5.74, 6) is -0.214. The molecule has 0 spiro atoms. The SMILES string of the molecule is CC=CC1=C(C)CCN(Cc2ccc(C(=O)Nc3ccc(S(=O)(=O)N4CCCC4)cc3)cc2)C1. The smallest absolute Gasteiger partial charge is 0.255 e.